The van der Waals surface area contributed by atoms with Crippen molar-refractivity contribution in [1.29, 1.82) is 0 Å². The van der Waals surface area contributed by atoms with Gasteiger partial charge in [-0.3, -0.25) is 10.1 Å². The molecular formula is C21H25BrN2O2S. The third-order valence-corrected chi connectivity index (χ3v) is 5.06. The number of anilines is 1. The molecule has 0 heterocycles. The topological polar surface area (TPSA) is 50.4 Å². The molecule has 0 aliphatic carbocycles. The van der Waals surface area contributed by atoms with Crippen molar-refractivity contribution in [2.24, 2.45) is 0 Å². The van der Waals surface area contributed by atoms with Gasteiger partial charge in [0.1, 0.15) is 5.75 Å². The van der Waals surface area contributed by atoms with Gasteiger partial charge in [-0.2, -0.15) is 0 Å². The number of halogens is 1. The van der Waals surface area contributed by atoms with Crippen LogP contribution in [0.4, 0.5) is 5.69 Å². The number of benzene rings is 2. The van der Waals surface area contributed by atoms with Crippen LogP contribution in [0.5, 0.6) is 5.75 Å². The van der Waals surface area contributed by atoms with Gasteiger partial charge in [-0.05, 0) is 85.4 Å². The summed E-state index contributed by atoms with van der Waals surface area (Å²) >= 11 is 8.77. The van der Waals surface area contributed by atoms with Crippen LogP contribution in [0.3, 0.4) is 0 Å². The van der Waals surface area contributed by atoms with E-state index in [1.165, 1.54) is 0 Å². The number of amides is 1. The van der Waals surface area contributed by atoms with Gasteiger partial charge in [0.05, 0.1) is 0 Å². The van der Waals surface area contributed by atoms with Crippen LogP contribution >= 0.6 is 28.1 Å². The highest BCUT2D eigenvalue weighted by atomic mass is 79.9. The summed E-state index contributed by atoms with van der Waals surface area (Å²) in [4.78, 5) is 12.2. The molecule has 144 valence electrons. The highest BCUT2D eigenvalue weighted by molar-refractivity contribution is 9.10. The number of hydrogen-bond acceptors (Lipinski definition) is 3. The van der Waals surface area contributed by atoms with Crippen molar-refractivity contribution in [1.82, 2.24) is 5.32 Å². The van der Waals surface area contributed by atoms with E-state index in [0.29, 0.717) is 5.75 Å². The zero-order valence-corrected chi connectivity index (χ0v) is 18.7. The molecule has 2 rings (SSSR count). The van der Waals surface area contributed by atoms with E-state index in [0.717, 1.165) is 32.4 Å². The number of hydrogen-bond donors (Lipinski definition) is 2. The lowest BCUT2D eigenvalue weighted by Gasteiger charge is -2.16. The summed E-state index contributed by atoms with van der Waals surface area (Å²) in [5.74, 6) is 0.702. The first-order valence-corrected chi connectivity index (χ1v) is 9.97. The van der Waals surface area contributed by atoms with Gasteiger partial charge in [0.25, 0.3) is 5.91 Å². The van der Waals surface area contributed by atoms with E-state index >= 15 is 0 Å². The molecule has 0 aromatic heterocycles. The Morgan fingerprint density at radius 2 is 1.74 bits per heavy atom. The van der Waals surface area contributed by atoms with Crippen molar-refractivity contribution >= 4 is 44.9 Å². The monoisotopic (exact) mass is 448 g/mol. The van der Waals surface area contributed by atoms with Crippen LogP contribution in [0.2, 0.25) is 0 Å². The lowest BCUT2D eigenvalue weighted by molar-refractivity contribution is -0.121. The minimum Gasteiger partial charge on any atom is -0.483 e. The van der Waals surface area contributed by atoms with Crippen LogP contribution in [0.15, 0.2) is 34.8 Å². The first-order valence-electron chi connectivity index (χ1n) is 8.77. The number of carbonyl (C=O) groups excluding carboxylic acids is 1. The number of thiocarbonyl (C=S) groups is 1. The highest BCUT2D eigenvalue weighted by Gasteiger charge is 2.13. The number of carbonyl (C=O) groups is 1. The number of rotatable bonds is 5. The van der Waals surface area contributed by atoms with Gasteiger partial charge in [0.2, 0.25) is 0 Å². The summed E-state index contributed by atoms with van der Waals surface area (Å²) in [5.41, 5.74) is 5.21. The van der Waals surface area contributed by atoms with Gasteiger partial charge in [0, 0.05) is 10.2 Å². The van der Waals surface area contributed by atoms with Gasteiger partial charge in [-0.1, -0.05) is 35.8 Å². The van der Waals surface area contributed by atoms with E-state index < -0.39 is 0 Å². The third kappa shape index (κ3) is 6.33. The minimum absolute atomic E-state index is 0.102. The molecule has 2 aromatic rings. The molecule has 0 fully saturated rings. The van der Waals surface area contributed by atoms with Crippen molar-refractivity contribution in [3.05, 3.63) is 57.1 Å². The fourth-order valence-corrected chi connectivity index (χ4v) is 3.35. The van der Waals surface area contributed by atoms with Crippen molar-refractivity contribution < 1.29 is 9.53 Å². The Balaban J connectivity index is 1.96. The minimum atomic E-state index is -0.299. The second-order valence-electron chi connectivity index (χ2n) is 6.96. The fraction of sp³-hybridized carbons (Fsp3) is 0.333. The zero-order chi connectivity index (χ0) is 20.1. The maximum atomic E-state index is 12.2. The molecule has 0 aliphatic rings. The van der Waals surface area contributed by atoms with Crippen LogP contribution in [-0.2, 0) is 4.79 Å². The Morgan fingerprint density at radius 1 is 1.11 bits per heavy atom. The van der Waals surface area contributed by atoms with Crippen LogP contribution in [0.1, 0.15) is 42.0 Å². The molecule has 0 unspecified atom stereocenters. The van der Waals surface area contributed by atoms with E-state index in [1.807, 2.05) is 45.0 Å². The Labute approximate surface area is 174 Å². The molecule has 27 heavy (non-hydrogen) atoms. The molecule has 0 bridgehead atoms. The summed E-state index contributed by atoms with van der Waals surface area (Å²) < 4.78 is 6.79. The largest absolute Gasteiger partial charge is 0.483 e. The van der Waals surface area contributed by atoms with E-state index in [1.54, 1.807) is 0 Å². The smallest absolute Gasteiger partial charge is 0.264 e. The average molecular weight is 449 g/mol. The van der Waals surface area contributed by atoms with Crippen molar-refractivity contribution in [3.8, 4) is 5.75 Å². The summed E-state index contributed by atoms with van der Waals surface area (Å²) in [6.45, 7) is 10.1. The highest BCUT2D eigenvalue weighted by Crippen LogP contribution is 2.32. The van der Waals surface area contributed by atoms with E-state index in [9.17, 15) is 4.79 Å². The SMILES string of the molecule is Cc1cc(C)cc(NC(=S)NC(=O)COc2cc(C)c(Br)cc2C(C)C)c1. The van der Waals surface area contributed by atoms with Crippen LogP contribution in [-0.4, -0.2) is 17.6 Å². The van der Waals surface area contributed by atoms with Gasteiger partial charge in [-0.15, -0.1) is 0 Å². The Bertz CT molecular complexity index is 845. The third-order valence-electron chi connectivity index (χ3n) is 4.00. The molecule has 4 nitrogen and oxygen atoms in total. The summed E-state index contributed by atoms with van der Waals surface area (Å²) in [6.07, 6.45) is 0. The first kappa shape index (κ1) is 21.4. The van der Waals surface area contributed by atoms with E-state index in [2.05, 4.69) is 46.5 Å². The van der Waals surface area contributed by atoms with Gasteiger partial charge in [-0.25, -0.2) is 0 Å². The average Bonchev–Trinajstić information content (AvgIpc) is 2.54. The molecule has 1 amide bonds. The molecule has 0 spiro atoms. The van der Waals surface area contributed by atoms with Gasteiger partial charge in [0.15, 0.2) is 11.7 Å². The molecule has 0 saturated carbocycles. The Kier molecular flexibility index (Phi) is 7.39. The quantitative estimate of drug-likeness (QED) is 0.601. The summed E-state index contributed by atoms with van der Waals surface area (Å²) in [5, 5.41) is 5.95. The standard InChI is InChI=1S/C21H25BrN2O2S/c1-12(2)17-10-18(22)15(5)9-19(17)26-11-20(25)24-21(27)23-16-7-13(3)6-14(4)8-16/h6-10,12H,11H2,1-5H3,(H2,23,24,25,27). The molecule has 2 N–H and O–H groups in total. The number of ether oxygens (including phenoxy) is 1. The van der Waals surface area contributed by atoms with Crippen molar-refractivity contribution in [2.75, 3.05) is 11.9 Å². The predicted molar refractivity (Wildman–Crippen MR) is 119 cm³/mol. The first-order chi connectivity index (χ1) is 12.7. The molecule has 0 atom stereocenters. The van der Waals surface area contributed by atoms with Crippen LogP contribution in [0.25, 0.3) is 0 Å². The second-order valence-corrected chi connectivity index (χ2v) is 8.22. The Morgan fingerprint density at radius 3 is 2.33 bits per heavy atom. The zero-order valence-electron chi connectivity index (χ0n) is 16.3. The number of nitrogens with one attached hydrogen (secondary N) is 2. The van der Waals surface area contributed by atoms with E-state index in [-0.39, 0.29) is 23.5 Å². The second kappa shape index (κ2) is 9.33. The molecule has 0 aliphatic heterocycles. The summed E-state index contributed by atoms with van der Waals surface area (Å²) in [6, 6.07) is 10.0. The number of aryl methyl sites for hydroxylation is 3. The molecule has 2 aromatic carbocycles. The molecular weight excluding hydrogens is 424 g/mol. The predicted octanol–water partition coefficient (Wildman–Crippen LogP) is 5.39. The normalized spacial score (nSPS) is 10.6. The van der Waals surface area contributed by atoms with Crippen LogP contribution < -0.4 is 15.4 Å². The van der Waals surface area contributed by atoms with Crippen LogP contribution in [0, 0.1) is 20.8 Å². The van der Waals surface area contributed by atoms with Gasteiger partial charge >= 0.3 is 0 Å². The molecule has 0 saturated heterocycles. The van der Waals surface area contributed by atoms with E-state index in [4.69, 9.17) is 17.0 Å². The lowest BCUT2D eigenvalue weighted by Crippen LogP contribution is -2.37. The molecule has 0 radical (unpaired) electrons. The maximum absolute atomic E-state index is 12.2. The summed E-state index contributed by atoms with van der Waals surface area (Å²) in [7, 11) is 0. The lowest BCUT2D eigenvalue weighted by atomic mass is 10.0. The maximum Gasteiger partial charge on any atom is 0.264 e. The fourth-order valence-electron chi connectivity index (χ4n) is 2.76. The van der Waals surface area contributed by atoms with Crippen molar-refractivity contribution in [2.45, 2.75) is 40.5 Å². The Hall–Kier alpha value is -1.92. The molecule has 6 heteroatoms. The van der Waals surface area contributed by atoms with Gasteiger partial charge < -0.3 is 10.1 Å². The van der Waals surface area contributed by atoms with Crippen molar-refractivity contribution in [3.63, 3.8) is 0 Å².